The molecule has 122 valence electrons. The van der Waals surface area contributed by atoms with Gasteiger partial charge in [0.1, 0.15) is 5.82 Å². The maximum absolute atomic E-state index is 13.6. The van der Waals surface area contributed by atoms with Crippen LogP contribution in [-0.2, 0) is 6.54 Å². The number of hydrogen-bond acceptors (Lipinski definition) is 5. The van der Waals surface area contributed by atoms with E-state index in [-0.39, 0.29) is 5.82 Å². The van der Waals surface area contributed by atoms with Crippen molar-refractivity contribution in [3.8, 4) is 0 Å². The number of nitrogens with zero attached hydrogens (tertiary/aromatic N) is 3. The third kappa shape index (κ3) is 3.84. The van der Waals surface area contributed by atoms with Crippen LogP contribution in [0.3, 0.4) is 0 Å². The average Bonchev–Trinajstić information content (AvgIpc) is 2.58. The van der Waals surface area contributed by atoms with Crippen LogP contribution in [0.4, 0.5) is 21.8 Å². The average molecular weight is 323 g/mol. The van der Waals surface area contributed by atoms with Crippen LogP contribution < -0.4 is 10.6 Å². The zero-order chi connectivity index (χ0) is 16.9. The molecule has 0 saturated carbocycles. The van der Waals surface area contributed by atoms with Gasteiger partial charge in [-0.1, -0.05) is 30.3 Å². The topological polar surface area (TPSA) is 62.7 Å². The number of anilines is 3. The largest absolute Gasteiger partial charge is 0.349 e. The SMILES string of the molecule is Cc1ccc(C)c(Nc2cnnc(NCc3ccccc3F)n2)c1. The van der Waals surface area contributed by atoms with E-state index in [1.54, 1.807) is 24.4 Å². The molecular formula is C18H18FN5. The Morgan fingerprint density at radius 2 is 1.92 bits per heavy atom. The van der Waals surface area contributed by atoms with Crippen molar-refractivity contribution in [2.24, 2.45) is 0 Å². The lowest BCUT2D eigenvalue weighted by Gasteiger charge is -2.10. The molecule has 3 aromatic rings. The van der Waals surface area contributed by atoms with Gasteiger partial charge in [-0.25, -0.2) is 4.39 Å². The van der Waals surface area contributed by atoms with E-state index in [1.807, 2.05) is 26.0 Å². The quantitative estimate of drug-likeness (QED) is 0.743. The fraction of sp³-hybridized carbons (Fsp3) is 0.167. The molecule has 3 rings (SSSR count). The maximum atomic E-state index is 13.6. The summed E-state index contributed by atoms with van der Waals surface area (Å²) in [7, 11) is 0. The second-order valence-electron chi connectivity index (χ2n) is 5.55. The van der Waals surface area contributed by atoms with Gasteiger partial charge in [-0.3, -0.25) is 0 Å². The van der Waals surface area contributed by atoms with Crippen LogP contribution in [0.1, 0.15) is 16.7 Å². The van der Waals surface area contributed by atoms with Gasteiger partial charge in [0.2, 0.25) is 5.95 Å². The molecule has 2 aromatic carbocycles. The predicted octanol–water partition coefficient (Wildman–Crippen LogP) is 3.98. The molecule has 0 saturated heterocycles. The first-order valence-corrected chi connectivity index (χ1v) is 7.63. The van der Waals surface area contributed by atoms with Gasteiger partial charge in [-0.2, -0.15) is 10.1 Å². The van der Waals surface area contributed by atoms with Crippen LogP contribution in [0.2, 0.25) is 0 Å². The summed E-state index contributed by atoms with van der Waals surface area (Å²) >= 11 is 0. The number of aryl methyl sites for hydroxylation is 2. The van der Waals surface area contributed by atoms with Gasteiger partial charge in [0, 0.05) is 17.8 Å². The van der Waals surface area contributed by atoms with Crippen LogP contribution >= 0.6 is 0 Å². The molecule has 6 heteroatoms. The van der Waals surface area contributed by atoms with E-state index in [0.29, 0.717) is 23.9 Å². The van der Waals surface area contributed by atoms with E-state index in [0.717, 1.165) is 16.8 Å². The zero-order valence-corrected chi connectivity index (χ0v) is 13.5. The molecule has 0 aliphatic heterocycles. The van der Waals surface area contributed by atoms with Gasteiger partial charge in [0.15, 0.2) is 5.82 Å². The van der Waals surface area contributed by atoms with Gasteiger partial charge < -0.3 is 10.6 Å². The molecule has 0 aliphatic carbocycles. The molecule has 1 heterocycles. The van der Waals surface area contributed by atoms with Crippen LogP contribution in [0.15, 0.2) is 48.7 Å². The van der Waals surface area contributed by atoms with Crippen molar-refractivity contribution in [3.63, 3.8) is 0 Å². The summed E-state index contributed by atoms with van der Waals surface area (Å²) in [5, 5.41) is 14.1. The molecule has 0 bridgehead atoms. The van der Waals surface area contributed by atoms with E-state index in [1.165, 1.54) is 6.07 Å². The lowest BCUT2D eigenvalue weighted by Crippen LogP contribution is -2.07. The fourth-order valence-corrected chi connectivity index (χ4v) is 2.26. The minimum absolute atomic E-state index is 0.261. The third-order valence-electron chi connectivity index (χ3n) is 3.61. The molecule has 24 heavy (non-hydrogen) atoms. The zero-order valence-electron chi connectivity index (χ0n) is 13.5. The highest BCUT2D eigenvalue weighted by atomic mass is 19.1. The number of aromatic nitrogens is 3. The van der Waals surface area contributed by atoms with E-state index < -0.39 is 0 Å². The van der Waals surface area contributed by atoms with Crippen LogP contribution in [0, 0.1) is 19.7 Å². The molecule has 1 aromatic heterocycles. The number of hydrogen-bond donors (Lipinski definition) is 2. The lowest BCUT2D eigenvalue weighted by atomic mass is 10.1. The first-order chi connectivity index (χ1) is 11.6. The van der Waals surface area contributed by atoms with Crippen molar-refractivity contribution in [1.82, 2.24) is 15.2 Å². The molecule has 2 N–H and O–H groups in total. The van der Waals surface area contributed by atoms with E-state index in [2.05, 4.69) is 31.9 Å². The summed E-state index contributed by atoms with van der Waals surface area (Å²) in [4.78, 5) is 4.37. The van der Waals surface area contributed by atoms with Crippen molar-refractivity contribution < 1.29 is 4.39 Å². The van der Waals surface area contributed by atoms with Crippen molar-refractivity contribution >= 4 is 17.5 Å². The summed E-state index contributed by atoms with van der Waals surface area (Å²) < 4.78 is 13.6. The summed E-state index contributed by atoms with van der Waals surface area (Å²) in [6.07, 6.45) is 1.55. The molecule has 0 fully saturated rings. The number of halogens is 1. The number of nitrogens with one attached hydrogen (secondary N) is 2. The molecule has 0 spiro atoms. The minimum Gasteiger partial charge on any atom is -0.349 e. The Morgan fingerprint density at radius 3 is 2.75 bits per heavy atom. The van der Waals surface area contributed by atoms with Crippen molar-refractivity contribution in [1.29, 1.82) is 0 Å². The Hall–Kier alpha value is -3.02. The standard InChI is InChI=1S/C18H18FN5/c1-12-7-8-13(2)16(9-12)22-17-11-21-24-18(23-17)20-10-14-5-3-4-6-15(14)19/h3-9,11H,10H2,1-2H3,(H2,20,22,23,24). The number of benzene rings is 2. The summed E-state index contributed by atoms with van der Waals surface area (Å²) in [5.74, 6) is 0.658. The molecule has 0 unspecified atom stereocenters. The highest BCUT2D eigenvalue weighted by Crippen LogP contribution is 2.20. The smallest absolute Gasteiger partial charge is 0.244 e. The van der Waals surface area contributed by atoms with Crippen LogP contribution in [-0.4, -0.2) is 15.2 Å². The number of rotatable bonds is 5. The summed E-state index contributed by atoms with van der Waals surface area (Å²) in [5.41, 5.74) is 3.78. The van der Waals surface area contributed by atoms with Gasteiger partial charge in [-0.05, 0) is 37.1 Å². The van der Waals surface area contributed by atoms with Gasteiger partial charge in [0.05, 0.1) is 6.20 Å². The molecule has 0 aliphatic rings. The Balaban J connectivity index is 1.72. The van der Waals surface area contributed by atoms with Gasteiger partial charge in [-0.15, -0.1) is 5.10 Å². The summed E-state index contributed by atoms with van der Waals surface area (Å²) in [6, 6.07) is 12.7. The van der Waals surface area contributed by atoms with E-state index in [4.69, 9.17) is 0 Å². The van der Waals surface area contributed by atoms with Crippen LogP contribution in [0.25, 0.3) is 0 Å². The monoisotopic (exact) mass is 323 g/mol. The first-order valence-electron chi connectivity index (χ1n) is 7.63. The van der Waals surface area contributed by atoms with E-state index in [9.17, 15) is 4.39 Å². The van der Waals surface area contributed by atoms with E-state index >= 15 is 0 Å². The Labute approximate surface area is 140 Å². The van der Waals surface area contributed by atoms with Gasteiger partial charge in [0.25, 0.3) is 0 Å². The van der Waals surface area contributed by atoms with Crippen LogP contribution in [0.5, 0.6) is 0 Å². The second kappa shape index (κ2) is 7.04. The molecule has 0 atom stereocenters. The van der Waals surface area contributed by atoms with Crippen molar-refractivity contribution in [2.45, 2.75) is 20.4 Å². The lowest BCUT2D eigenvalue weighted by molar-refractivity contribution is 0.612. The highest BCUT2D eigenvalue weighted by Gasteiger charge is 2.05. The third-order valence-corrected chi connectivity index (χ3v) is 3.61. The predicted molar refractivity (Wildman–Crippen MR) is 92.8 cm³/mol. The van der Waals surface area contributed by atoms with Crippen molar-refractivity contribution in [2.75, 3.05) is 10.6 Å². The normalized spacial score (nSPS) is 10.5. The molecule has 5 nitrogen and oxygen atoms in total. The van der Waals surface area contributed by atoms with Gasteiger partial charge >= 0.3 is 0 Å². The highest BCUT2D eigenvalue weighted by molar-refractivity contribution is 5.61. The maximum Gasteiger partial charge on any atom is 0.244 e. The first kappa shape index (κ1) is 15.9. The fourth-order valence-electron chi connectivity index (χ4n) is 2.26. The molecule has 0 radical (unpaired) electrons. The minimum atomic E-state index is -0.261. The Bertz CT molecular complexity index is 850. The second-order valence-corrected chi connectivity index (χ2v) is 5.55. The Kier molecular flexibility index (Phi) is 4.65. The molecular weight excluding hydrogens is 305 g/mol. The molecule has 0 amide bonds. The van der Waals surface area contributed by atoms with Crippen molar-refractivity contribution in [3.05, 3.63) is 71.2 Å². The summed E-state index contributed by atoms with van der Waals surface area (Å²) in [6.45, 7) is 4.35. The Morgan fingerprint density at radius 1 is 1.08 bits per heavy atom.